The Morgan fingerprint density at radius 3 is 2.92 bits per heavy atom. The van der Waals surface area contributed by atoms with Crippen molar-refractivity contribution in [3.05, 3.63) is 53.9 Å². The third-order valence-corrected chi connectivity index (χ3v) is 4.08. The zero-order chi connectivity index (χ0) is 16.6. The van der Waals surface area contributed by atoms with Gasteiger partial charge < -0.3 is 15.4 Å². The van der Waals surface area contributed by atoms with Gasteiger partial charge in [0.05, 0.1) is 18.8 Å². The van der Waals surface area contributed by atoms with Gasteiger partial charge in [0, 0.05) is 38.5 Å². The lowest BCUT2D eigenvalue weighted by Crippen LogP contribution is -2.40. The summed E-state index contributed by atoms with van der Waals surface area (Å²) in [6.07, 6.45) is 6.53. The second-order valence-corrected chi connectivity index (χ2v) is 5.97. The molecule has 1 unspecified atom stereocenters. The summed E-state index contributed by atoms with van der Waals surface area (Å²) < 4.78 is 7.57. The summed E-state index contributed by atoms with van der Waals surface area (Å²) in [5.74, 6) is 0.793. The van der Waals surface area contributed by atoms with Crippen LogP contribution in [0.25, 0.3) is 0 Å². The molecule has 6 nitrogen and oxygen atoms in total. The zero-order valence-corrected chi connectivity index (χ0v) is 14.1. The molecule has 1 atom stereocenters. The predicted molar refractivity (Wildman–Crippen MR) is 94.9 cm³/mol. The molecule has 2 N–H and O–H groups in total. The number of nitrogens with zero attached hydrogens (tertiary/aromatic N) is 3. The first-order valence-corrected chi connectivity index (χ1v) is 8.45. The van der Waals surface area contributed by atoms with Crippen molar-refractivity contribution in [1.29, 1.82) is 0 Å². The first-order valence-electron chi connectivity index (χ1n) is 8.45. The molecule has 128 valence electrons. The Kier molecular flexibility index (Phi) is 5.85. The van der Waals surface area contributed by atoms with Gasteiger partial charge in [0.15, 0.2) is 5.96 Å². The number of guanidine groups is 1. The van der Waals surface area contributed by atoms with Crippen molar-refractivity contribution in [3.8, 4) is 0 Å². The molecular formula is C18H25N5O. The highest BCUT2D eigenvalue weighted by Crippen LogP contribution is 2.10. The van der Waals surface area contributed by atoms with Crippen molar-refractivity contribution in [3.63, 3.8) is 0 Å². The van der Waals surface area contributed by atoms with E-state index >= 15 is 0 Å². The minimum Gasteiger partial charge on any atom is -0.376 e. The third kappa shape index (κ3) is 4.83. The third-order valence-electron chi connectivity index (χ3n) is 4.08. The smallest absolute Gasteiger partial charge is 0.191 e. The van der Waals surface area contributed by atoms with Crippen LogP contribution in [0.15, 0.2) is 47.7 Å². The molecule has 0 saturated carbocycles. The average molecular weight is 327 g/mol. The molecule has 1 fully saturated rings. The first kappa shape index (κ1) is 16.5. The van der Waals surface area contributed by atoms with Crippen LogP contribution in [0.2, 0.25) is 0 Å². The molecule has 3 rings (SSSR count). The van der Waals surface area contributed by atoms with Gasteiger partial charge in [0.25, 0.3) is 0 Å². The maximum atomic E-state index is 5.61. The van der Waals surface area contributed by atoms with Crippen LogP contribution in [0.3, 0.4) is 0 Å². The number of hydrogen-bond acceptors (Lipinski definition) is 3. The largest absolute Gasteiger partial charge is 0.376 e. The van der Waals surface area contributed by atoms with Crippen molar-refractivity contribution in [2.75, 3.05) is 20.2 Å². The van der Waals surface area contributed by atoms with E-state index < -0.39 is 0 Å². The zero-order valence-electron chi connectivity index (χ0n) is 14.1. The molecular weight excluding hydrogens is 302 g/mol. The molecule has 1 aliphatic rings. The van der Waals surface area contributed by atoms with Crippen molar-refractivity contribution in [2.24, 2.45) is 4.99 Å². The normalized spacial score (nSPS) is 17.9. The molecule has 1 aromatic heterocycles. The highest BCUT2D eigenvalue weighted by Gasteiger charge is 2.15. The van der Waals surface area contributed by atoms with Crippen LogP contribution >= 0.6 is 0 Å². The number of nitrogens with one attached hydrogen (secondary N) is 2. The van der Waals surface area contributed by atoms with Crippen LogP contribution in [-0.2, 0) is 17.8 Å². The van der Waals surface area contributed by atoms with Gasteiger partial charge in [-0.25, -0.2) is 0 Å². The fourth-order valence-electron chi connectivity index (χ4n) is 2.78. The quantitative estimate of drug-likeness (QED) is 0.627. The highest BCUT2D eigenvalue weighted by molar-refractivity contribution is 5.79. The lowest BCUT2D eigenvalue weighted by Gasteiger charge is -2.14. The van der Waals surface area contributed by atoms with Gasteiger partial charge in [-0.3, -0.25) is 9.67 Å². The topological polar surface area (TPSA) is 63.5 Å². The van der Waals surface area contributed by atoms with E-state index in [1.54, 1.807) is 7.05 Å². The van der Waals surface area contributed by atoms with E-state index in [2.05, 4.69) is 39.1 Å². The first-order chi connectivity index (χ1) is 11.8. The lowest BCUT2D eigenvalue weighted by molar-refractivity contribution is 0.114. The number of aromatic nitrogens is 2. The fourth-order valence-corrected chi connectivity index (χ4v) is 2.78. The standard InChI is InChI=1S/C18H25N5O/c1-19-18(21-12-17-8-5-9-24-17)20-10-16-11-22-23(14-16)13-15-6-3-2-4-7-15/h2-4,6-7,11,14,17H,5,8-10,12-13H2,1H3,(H2,19,20,21). The van der Waals surface area contributed by atoms with Gasteiger partial charge in [-0.2, -0.15) is 5.10 Å². The predicted octanol–water partition coefficient (Wildman–Crippen LogP) is 1.78. The summed E-state index contributed by atoms with van der Waals surface area (Å²) in [6.45, 7) is 3.15. The molecule has 6 heteroatoms. The Balaban J connectivity index is 1.45. The monoisotopic (exact) mass is 327 g/mol. The Bertz CT molecular complexity index is 646. The van der Waals surface area contributed by atoms with Crippen molar-refractivity contribution >= 4 is 5.96 Å². The highest BCUT2D eigenvalue weighted by atomic mass is 16.5. The fraction of sp³-hybridized carbons (Fsp3) is 0.444. The van der Waals surface area contributed by atoms with Gasteiger partial charge in [-0.1, -0.05) is 30.3 Å². The Hall–Kier alpha value is -2.34. The van der Waals surface area contributed by atoms with E-state index in [1.165, 1.54) is 5.56 Å². The summed E-state index contributed by atoms with van der Waals surface area (Å²) in [6, 6.07) is 10.3. The van der Waals surface area contributed by atoms with E-state index in [9.17, 15) is 0 Å². The van der Waals surface area contributed by atoms with Crippen LogP contribution < -0.4 is 10.6 Å². The number of hydrogen-bond donors (Lipinski definition) is 2. The maximum Gasteiger partial charge on any atom is 0.191 e. The van der Waals surface area contributed by atoms with Gasteiger partial charge in [0.2, 0.25) is 0 Å². The van der Waals surface area contributed by atoms with E-state index in [0.29, 0.717) is 12.6 Å². The molecule has 0 bridgehead atoms. The molecule has 0 radical (unpaired) electrons. The van der Waals surface area contributed by atoms with Crippen LogP contribution in [0, 0.1) is 0 Å². The van der Waals surface area contributed by atoms with Crippen molar-refractivity contribution in [2.45, 2.75) is 32.0 Å². The van der Waals surface area contributed by atoms with Crippen LogP contribution in [0.4, 0.5) is 0 Å². The molecule has 1 aromatic carbocycles. The Morgan fingerprint density at radius 1 is 1.29 bits per heavy atom. The molecule has 0 spiro atoms. The number of aliphatic imine (C=N–C) groups is 1. The second kappa shape index (κ2) is 8.49. The average Bonchev–Trinajstić information content (AvgIpc) is 3.28. The number of rotatable bonds is 6. The summed E-state index contributed by atoms with van der Waals surface area (Å²) in [7, 11) is 1.78. The molecule has 24 heavy (non-hydrogen) atoms. The molecule has 0 amide bonds. The SMILES string of the molecule is CN=C(NCc1cnn(Cc2ccccc2)c1)NCC1CCCO1. The number of benzene rings is 1. The number of ether oxygens (including phenoxy) is 1. The Labute approximate surface area is 142 Å². The van der Waals surface area contributed by atoms with Crippen molar-refractivity contribution < 1.29 is 4.74 Å². The lowest BCUT2D eigenvalue weighted by atomic mass is 10.2. The van der Waals surface area contributed by atoms with Crippen molar-refractivity contribution in [1.82, 2.24) is 20.4 Å². The van der Waals surface area contributed by atoms with Gasteiger partial charge >= 0.3 is 0 Å². The molecule has 2 aromatic rings. The van der Waals surface area contributed by atoms with E-state index in [-0.39, 0.29) is 0 Å². The van der Waals surface area contributed by atoms with Crippen LogP contribution in [-0.4, -0.2) is 42.0 Å². The van der Waals surface area contributed by atoms with E-state index in [1.807, 2.05) is 29.1 Å². The Morgan fingerprint density at radius 2 is 2.17 bits per heavy atom. The van der Waals surface area contributed by atoms with Gasteiger partial charge in [0.1, 0.15) is 0 Å². The van der Waals surface area contributed by atoms with Gasteiger partial charge in [-0.05, 0) is 18.4 Å². The van der Waals surface area contributed by atoms with Crippen LogP contribution in [0.5, 0.6) is 0 Å². The summed E-state index contributed by atoms with van der Waals surface area (Å²) in [5, 5.41) is 11.1. The van der Waals surface area contributed by atoms with E-state index in [4.69, 9.17) is 4.74 Å². The summed E-state index contributed by atoms with van der Waals surface area (Å²) >= 11 is 0. The molecule has 1 aliphatic heterocycles. The minimum absolute atomic E-state index is 0.303. The van der Waals surface area contributed by atoms with Crippen LogP contribution in [0.1, 0.15) is 24.0 Å². The molecule has 2 heterocycles. The van der Waals surface area contributed by atoms with E-state index in [0.717, 1.165) is 44.1 Å². The molecule has 1 saturated heterocycles. The second-order valence-electron chi connectivity index (χ2n) is 5.97. The summed E-state index contributed by atoms with van der Waals surface area (Å²) in [5.41, 5.74) is 2.38. The molecule has 0 aliphatic carbocycles. The summed E-state index contributed by atoms with van der Waals surface area (Å²) in [4.78, 5) is 4.25. The minimum atomic E-state index is 0.303. The maximum absolute atomic E-state index is 5.61. The van der Waals surface area contributed by atoms with Gasteiger partial charge in [-0.15, -0.1) is 0 Å².